The van der Waals surface area contributed by atoms with Crippen LogP contribution in [0.3, 0.4) is 0 Å². The van der Waals surface area contributed by atoms with Crippen LogP contribution in [0.1, 0.15) is 9.67 Å². The first-order valence-corrected chi connectivity index (χ1v) is 6.95. The van der Waals surface area contributed by atoms with Crippen molar-refractivity contribution < 1.29 is 9.32 Å². The van der Waals surface area contributed by atoms with Gasteiger partial charge in [-0.1, -0.05) is 16.8 Å². The fourth-order valence-corrected chi connectivity index (χ4v) is 3.01. The van der Waals surface area contributed by atoms with Gasteiger partial charge in [-0.15, -0.1) is 11.3 Å². The molecule has 0 saturated heterocycles. The van der Waals surface area contributed by atoms with Gasteiger partial charge in [-0.05, 0) is 30.3 Å². The van der Waals surface area contributed by atoms with Crippen LogP contribution in [0.5, 0.6) is 0 Å². The fraction of sp³-hybridized carbons (Fsp3) is 0. The van der Waals surface area contributed by atoms with E-state index in [1.54, 1.807) is 24.4 Å². The number of hydrogen-bond donors (Lipinski definition) is 1. The van der Waals surface area contributed by atoms with Crippen LogP contribution in [0.15, 0.2) is 47.1 Å². The Bertz CT molecular complexity index is 765. The number of amides is 1. The molecule has 0 saturated carbocycles. The third-order valence-corrected chi connectivity index (χ3v) is 4.27. The maximum atomic E-state index is 11.2. The van der Waals surface area contributed by atoms with Gasteiger partial charge in [0.25, 0.3) is 5.91 Å². The Balaban J connectivity index is 2.08. The number of aromatic nitrogens is 1. The lowest BCUT2D eigenvalue weighted by Gasteiger charge is -2.03. The summed E-state index contributed by atoms with van der Waals surface area (Å²) in [5.41, 5.74) is 6.97. The minimum atomic E-state index is -0.441. The van der Waals surface area contributed by atoms with Gasteiger partial charge in [0.15, 0.2) is 5.76 Å². The van der Waals surface area contributed by atoms with Gasteiger partial charge in [0.1, 0.15) is 0 Å². The van der Waals surface area contributed by atoms with Crippen molar-refractivity contribution in [1.82, 2.24) is 5.16 Å². The lowest BCUT2D eigenvalue weighted by atomic mass is 10.1. The zero-order valence-electron chi connectivity index (χ0n) is 10.2. The quantitative estimate of drug-likeness (QED) is 0.799. The monoisotopic (exact) mass is 304 g/mol. The van der Waals surface area contributed by atoms with Gasteiger partial charge in [-0.2, -0.15) is 0 Å². The molecule has 3 aromatic rings. The maximum Gasteiger partial charge on any atom is 0.258 e. The molecule has 2 heterocycles. The summed E-state index contributed by atoms with van der Waals surface area (Å²) in [4.78, 5) is 12.5. The van der Waals surface area contributed by atoms with Gasteiger partial charge in [0, 0.05) is 27.1 Å². The van der Waals surface area contributed by atoms with E-state index in [-0.39, 0.29) is 0 Å². The lowest BCUT2D eigenvalue weighted by Crippen LogP contribution is -2.07. The largest absolute Gasteiger partial charge is 0.365 e. The molecule has 1 aromatic carbocycles. The molecular weight excluding hydrogens is 296 g/mol. The predicted molar refractivity (Wildman–Crippen MR) is 78.8 cm³/mol. The number of thiophene rings is 1. The molecule has 2 aromatic heterocycles. The second-order valence-electron chi connectivity index (χ2n) is 4.10. The number of primary amides is 1. The number of halogens is 1. The summed E-state index contributed by atoms with van der Waals surface area (Å²) in [5, 5.41) is 4.29. The van der Waals surface area contributed by atoms with Crippen molar-refractivity contribution in [2.24, 2.45) is 5.73 Å². The highest BCUT2D eigenvalue weighted by Gasteiger charge is 2.12. The predicted octanol–water partition coefficient (Wildman–Crippen LogP) is 3.82. The number of rotatable bonds is 3. The first-order valence-electron chi connectivity index (χ1n) is 5.76. The van der Waals surface area contributed by atoms with E-state index in [9.17, 15) is 4.79 Å². The number of carbonyl (C=O) groups excluding carboxylic acids is 1. The molecule has 0 aliphatic heterocycles. The molecule has 6 heteroatoms. The van der Waals surface area contributed by atoms with E-state index < -0.39 is 5.91 Å². The van der Waals surface area contributed by atoms with Gasteiger partial charge in [0.2, 0.25) is 0 Å². The second-order valence-corrected chi connectivity index (χ2v) is 5.59. The third kappa shape index (κ3) is 2.33. The van der Waals surface area contributed by atoms with E-state index in [0.29, 0.717) is 15.7 Å². The molecule has 0 fully saturated rings. The van der Waals surface area contributed by atoms with Crippen molar-refractivity contribution in [3.63, 3.8) is 0 Å². The van der Waals surface area contributed by atoms with Gasteiger partial charge < -0.3 is 10.3 Å². The Labute approximate surface area is 123 Å². The number of nitrogens with two attached hydrogens (primary N) is 1. The average molecular weight is 305 g/mol. The van der Waals surface area contributed by atoms with Crippen LogP contribution in [-0.2, 0) is 0 Å². The van der Waals surface area contributed by atoms with Crippen molar-refractivity contribution in [3.8, 4) is 21.8 Å². The molecule has 0 aliphatic carbocycles. The van der Waals surface area contributed by atoms with Crippen LogP contribution in [-0.4, -0.2) is 11.1 Å². The van der Waals surface area contributed by atoms with Gasteiger partial charge >= 0.3 is 0 Å². The minimum Gasteiger partial charge on any atom is -0.365 e. The summed E-state index contributed by atoms with van der Waals surface area (Å²) < 4.78 is 5.13. The van der Waals surface area contributed by atoms with Crippen molar-refractivity contribution in [2.45, 2.75) is 0 Å². The van der Waals surface area contributed by atoms with E-state index in [2.05, 4.69) is 5.16 Å². The highest BCUT2D eigenvalue weighted by molar-refractivity contribution is 7.17. The average Bonchev–Trinajstić information content (AvgIpc) is 3.10. The Hall–Kier alpha value is -2.11. The van der Waals surface area contributed by atoms with Crippen LogP contribution in [0, 0.1) is 0 Å². The van der Waals surface area contributed by atoms with Crippen molar-refractivity contribution in [2.75, 3.05) is 0 Å². The summed E-state index contributed by atoms with van der Waals surface area (Å²) in [5.74, 6) is 0.221. The van der Waals surface area contributed by atoms with Gasteiger partial charge in [-0.3, -0.25) is 4.79 Å². The number of carbonyl (C=O) groups is 1. The first-order chi connectivity index (χ1) is 9.65. The highest BCUT2D eigenvalue weighted by atomic mass is 35.5. The second kappa shape index (κ2) is 5.11. The van der Waals surface area contributed by atoms with Crippen LogP contribution in [0.4, 0.5) is 0 Å². The van der Waals surface area contributed by atoms with Crippen molar-refractivity contribution in [3.05, 3.63) is 52.5 Å². The maximum absolute atomic E-state index is 11.2. The van der Waals surface area contributed by atoms with E-state index in [1.165, 1.54) is 11.3 Å². The Kier molecular flexibility index (Phi) is 3.30. The van der Waals surface area contributed by atoms with E-state index in [1.807, 2.05) is 18.2 Å². The van der Waals surface area contributed by atoms with Gasteiger partial charge in [0.05, 0.1) is 11.1 Å². The molecule has 20 heavy (non-hydrogen) atoms. The molecule has 0 atom stereocenters. The van der Waals surface area contributed by atoms with Crippen molar-refractivity contribution >= 4 is 28.8 Å². The summed E-state index contributed by atoms with van der Waals surface area (Å²) in [7, 11) is 0. The van der Waals surface area contributed by atoms with Crippen LogP contribution in [0.25, 0.3) is 21.8 Å². The van der Waals surface area contributed by atoms with E-state index in [0.717, 1.165) is 16.0 Å². The molecule has 3 rings (SSSR count). The number of nitrogens with zero attached hydrogens (tertiary/aromatic N) is 1. The third-order valence-electron chi connectivity index (χ3n) is 2.80. The van der Waals surface area contributed by atoms with Crippen LogP contribution < -0.4 is 5.73 Å². The minimum absolute atomic E-state index is 0.441. The summed E-state index contributed by atoms with van der Waals surface area (Å²) >= 11 is 7.53. The topological polar surface area (TPSA) is 69.1 Å². The summed E-state index contributed by atoms with van der Waals surface area (Å²) in [6, 6.07) is 10.8. The zero-order chi connectivity index (χ0) is 14.1. The molecule has 4 nitrogen and oxygen atoms in total. The summed E-state index contributed by atoms with van der Waals surface area (Å²) in [6.45, 7) is 0. The molecule has 0 unspecified atom stereocenters. The van der Waals surface area contributed by atoms with Crippen LogP contribution in [0.2, 0.25) is 5.02 Å². The number of hydrogen-bond acceptors (Lipinski definition) is 4. The smallest absolute Gasteiger partial charge is 0.258 e. The molecule has 2 N–H and O–H groups in total. The number of benzene rings is 1. The molecule has 0 spiro atoms. The first kappa shape index (κ1) is 12.9. The molecule has 100 valence electrons. The molecule has 0 bridgehead atoms. The SMILES string of the molecule is NC(=O)c1ccc(-c2cc(-c3ccno3)ccc2Cl)s1. The lowest BCUT2D eigenvalue weighted by molar-refractivity contribution is 0.100. The molecule has 0 aliphatic rings. The fourth-order valence-electron chi connectivity index (χ4n) is 1.85. The molecule has 1 amide bonds. The summed E-state index contributed by atoms with van der Waals surface area (Å²) in [6.07, 6.45) is 1.58. The van der Waals surface area contributed by atoms with Gasteiger partial charge in [-0.25, -0.2) is 0 Å². The Morgan fingerprint density at radius 2 is 2.10 bits per heavy atom. The molecular formula is C14H9ClN2O2S. The normalized spacial score (nSPS) is 10.7. The molecule has 0 radical (unpaired) electrons. The zero-order valence-corrected chi connectivity index (χ0v) is 11.7. The highest BCUT2D eigenvalue weighted by Crippen LogP contribution is 2.36. The Morgan fingerprint density at radius 3 is 2.75 bits per heavy atom. The Morgan fingerprint density at radius 1 is 1.25 bits per heavy atom. The van der Waals surface area contributed by atoms with E-state index >= 15 is 0 Å². The van der Waals surface area contributed by atoms with Crippen molar-refractivity contribution in [1.29, 1.82) is 0 Å². The van der Waals surface area contributed by atoms with Crippen LogP contribution >= 0.6 is 22.9 Å². The standard InChI is InChI=1S/C14H9ClN2O2S/c15-10-2-1-8(11-5-6-17-19-11)7-9(10)12-3-4-13(20-12)14(16)18/h1-7H,(H2,16,18). The van der Waals surface area contributed by atoms with E-state index in [4.69, 9.17) is 21.9 Å².